The van der Waals surface area contributed by atoms with Gasteiger partial charge in [-0.1, -0.05) is 15.9 Å². The Kier molecular flexibility index (Phi) is 8.82. The molecule has 0 spiro atoms. The van der Waals surface area contributed by atoms with Crippen LogP contribution >= 0.6 is 39.9 Å². The van der Waals surface area contributed by atoms with E-state index in [4.69, 9.17) is 0 Å². The Bertz CT molecular complexity index is 736. The molecular weight excluding hydrogens is 543 g/mol. The van der Waals surface area contributed by atoms with Crippen LogP contribution in [-0.4, -0.2) is 75.7 Å². The Hall–Kier alpha value is -0.390. The Labute approximate surface area is 187 Å². The van der Waals surface area contributed by atoms with E-state index in [1.54, 1.807) is 31.3 Å². The summed E-state index contributed by atoms with van der Waals surface area (Å²) in [4.78, 5) is 9.52. The molecule has 1 unspecified atom stereocenters. The highest BCUT2D eigenvalue weighted by atomic mass is 127. The lowest BCUT2D eigenvalue weighted by Crippen LogP contribution is -2.43. The highest BCUT2D eigenvalue weighted by molar-refractivity contribution is 14.0. The van der Waals surface area contributed by atoms with Crippen LogP contribution in [0.2, 0.25) is 0 Å². The Morgan fingerprint density at radius 1 is 1.22 bits per heavy atom. The highest BCUT2D eigenvalue weighted by Gasteiger charge is 2.30. The summed E-state index contributed by atoms with van der Waals surface area (Å²) in [5, 5.41) is 3.23. The number of likely N-dealkylation sites (tertiary alicyclic amines) is 2. The molecule has 2 heterocycles. The van der Waals surface area contributed by atoms with Crippen LogP contribution in [0.4, 0.5) is 0 Å². The molecular formula is C18H28BrIN4O2S. The molecule has 0 aromatic heterocycles. The van der Waals surface area contributed by atoms with Crippen molar-refractivity contribution in [1.29, 1.82) is 0 Å². The van der Waals surface area contributed by atoms with Crippen LogP contribution in [0.5, 0.6) is 0 Å². The second-order valence-corrected chi connectivity index (χ2v) is 9.90. The number of guanidine groups is 1. The molecule has 1 aromatic carbocycles. The van der Waals surface area contributed by atoms with Gasteiger partial charge in [0.15, 0.2) is 15.8 Å². The SMILES string of the molecule is CN=C(NCCS(=O)(=O)c1ccc(Br)cc1)N1CCC(N2CCCC2)C1.I. The summed E-state index contributed by atoms with van der Waals surface area (Å²) in [6, 6.07) is 7.37. The lowest BCUT2D eigenvalue weighted by Gasteiger charge is -2.25. The Morgan fingerprint density at radius 3 is 2.52 bits per heavy atom. The molecule has 3 rings (SSSR count). The minimum absolute atomic E-state index is 0. The quantitative estimate of drug-likeness (QED) is 0.335. The molecule has 1 aromatic rings. The van der Waals surface area contributed by atoms with Gasteiger partial charge in [-0.25, -0.2) is 8.42 Å². The van der Waals surface area contributed by atoms with Gasteiger partial charge in [-0.05, 0) is 56.6 Å². The molecule has 0 radical (unpaired) electrons. The molecule has 2 saturated heterocycles. The van der Waals surface area contributed by atoms with Crippen LogP contribution in [0.3, 0.4) is 0 Å². The number of sulfone groups is 1. The number of hydrogen-bond acceptors (Lipinski definition) is 4. The second kappa shape index (κ2) is 10.4. The summed E-state index contributed by atoms with van der Waals surface area (Å²) < 4.78 is 25.8. The first-order valence-electron chi connectivity index (χ1n) is 9.17. The fourth-order valence-corrected chi connectivity index (χ4v) is 5.15. The van der Waals surface area contributed by atoms with Gasteiger partial charge in [0, 0.05) is 37.2 Å². The number of aliphatic imine (C=N–C) groups is 1. The maximum absolute atomic E-state index is 12.4. The first-order valence-corrected chi connectivity index (χ1v) is 11.6. The van der Waals surface area contributed by atoms with Crippen molar-refractivity contribution in [2.24, 2.45) is 4.99 Å². The van der Waals surface area contributed by atoms with Crippen LogP contribution in [0.1, 0.15) is 19.3 Å². The molecule has 2 aliphatic heterocycles. The average molecular weight is 571 g/mol. The summed E-state index contributed by atoms with van der Waals surface area (Å²) in [5.74, 6) is 0.856. The number of nitrogens with one attached hydrogen (secondary N) is 1. The molecule has 6 nitrogen and oxygen atoms in total. The van der Waals surface area contributed by atoms with E-state index in [0.29, 0.717) is 17.5 Å². The molecule has 1 N–H and O–H groups in total. The van der Waals surface area contributed by atoms with Gasteiger partial charge in [0.25, 0.3) is 0 Å². The second-order valence-electron chi connectivity index (χ2n) is 6.88. The summed E-state index contributed by atoms with van der Waals surface area (Å²) >= 11 is 3.33. The van der Waals surface area contributed by atoms with Crippen molar-refractivity contribution in [3.63, 3.8) is 0 Å². The van der Waals surface area contributed by atoms with Gasteiger partial charge < -0.3 is 10.2 Å². The van der Waals surface area contributed by atoms with Crippen molar-refractivity contribution in [2.45, 2.75) is 30.2 Å². The van der Waals surface area contributed by atoms with E-state index < -0.39 is 9.84 Å². The minimum atomic E-state index is -3.29. The lowest BCUT2D eigenvalue weighted by molar-refractivity contribution is 0.249. The predicted molar refractivity (Wildman–Crippen MR) is 124 cm³/mol. The van der Waals surface area contributed by atoms with E-state index in [0.717, 1.165) is 29.9 Å². The van der Waals surface area contributed by atoms with E-state index in [9.17, 15) is 8.42 Å². The smallest absolute Gasteiger partial charge is 0.193 e. The third-order valence-electron chi connectivity index (χ3n) is 5.16. The van der Waals surface area contributed by atoms with Gasteiger partial charge in [-0.2, -0.15) is 0 Å². The van der Waals surface area contributed by atoms with Crippen molar-refractivity contribution in [3.8, 4) is 0 Å². The minimum Gasteiger partial charge on any atom is -0.355 e. The topological polar surface area (TPSA) is 65.0 Å². The maximum Gasteiger partial charge on any atom is 0.193 e. The molecule has 0 bridgehead atoms. The van der Waals surface area contributed by atoms with Crippen LogP contribution in [0.15, 0.2) is 38.6 Å². The summed E-state index contributed by atoms with van der Waals surface area (Å²) in [6.07, 6.45) is 3.76. The largest absolute Gasteiger partial charge is 0.355 e. The number of nitrogens with zero attached hydrogens (tertiary/aromatic N) is 3. The van der Waals surface area contributed by atoms with Crippen molar-refractivity contribution >= 4 is 55.7 Å². The van der Waals surface area contributed by atoms with Gasteiger partial charge in [-0.15, -0.1) is 24.0 Å². The third-order valence-corrected chi connectivity index (χ3v) is 7.42. The highest BCUT2D eigenvalue weighted by Crippen LogP contribution is 2.20. The Balaban J connectivity index is 0.00000261. The normalized spacial score (nSPS) is 21.3. The molecule has 0 aliphatic carbocycles. The summed E-state index contributed by atoms with van der Waals surface area (Å²) in [7, 11) is -1.53. The van der Waals surface area contributed by atoms with Crippen molar-refractivity contribution in [2.75, 3.05) is 45.5 Å². The average Bonchev–Trinajstić information content (AvgIpc) is 3.30. The van der Waals surface area contributed by atoms with E-state index in [1.807, 2.05) is 0 Å². The van der Waals surface area contributed by atoms with E-state index >= 15 is 0 Å². The molecule has 1 atom stereocenters. The van der Waals surface area contributed by atoms with Gasteiger partial charge in [0.05, 0.1) is 10.6 Å². The monoisotopic (exact) mass is 570 g/mol. The van der Waals surface area contributed by atoms with Gasteiger partial charge >= 0.3 is 0 Å². The zero-order chi connectivity index (χ0) is 18.6. The molecule has 2 fully saturated rings. The molecule has 27 heavy (non-hydrogen) atoms. The number of halogens is 2. The van der Waals surface area contributed by atoms with Gasteiger partial charge in [-0.3, -0.25) is 9.89 Å². The molecule has 152 valence electrons. The molecule has 2 aliphatic rings. The zero-order valence-corrected chi connectivity index (χ0v) is 20.3. The molecule has 0 saturated carbocycles. The fraction of sp³-hybridized carbons (Fsp3) is 0.611. The van der Waals surface area contributed by atoms with Crippen LogP contribution < -0.4 is 5.32 Å². The maximum atomic E-state index is 12.4. The summed E-state index contributed by atoms with van der Waals surface area (Å²) in [6.45, 7) is 4.71. The first kappa shape index (κ1) is 22.9. The summed E-state index contributed by atoms with van der Waals surface area (Å²) in [5.41, 5.74) is 0. The van der Waals surface area contributed by atoms with Gasteiger partial charge in [0.1, 0.15) is 0 Å². The van der Waals surface area contributed by atoms with Crippen LogP contribution in [0.25, 0.3) is 0 Å². The van der Waals surface area contributed by atoms with E-state index in [2.05, 4.69) is 36.0 Å². The van der Waals surface area contributed by atoms with Gasteiger partial charge in [0.2, 0.25) is 0 Å². The number of benzene rings is 1. The van der Waals surface area contributed by atoms with Crippen LogP contribution in [0, 0.1) is 0 Å². The lowest BCUT2D eigenvalue weighted by atomic mass is 10.2. The number of rotatable bonds is 5. The first-order chi connectivity index (χ1) is 12.5. The third kappa shape index (κ3) is 6.04. The molecule has 9 heteroatoms. The zero-order valence-electron chi connectivity index (χ0n) is 15.6. The van der Waals surface area contributed by atoms with Crippen molar-refractivity contribution in [3.05, 3.63) is 28.7 Å². The van der Waals surface area contributed by atoms with Crippen molar-refractivity contribution < 1.29 is 8.42 Å². The van der Waals surface area contributed by atoms with E-state index in [-0.39, 0.29) is 29.7 Å². The van der Waals surface area contributed by atoms with Crippen molar-refractivity contribution in [1.82, 2.24) is 15.1 Å². The van der Waals surface area contributed by atoms with E-state index in [1.165, 1.54) is 25.9 Å². The molecule has 0 amide bonds. The predicted octanol–water partition coefficient (Wildman–Crippen LogP) is 2.59. The number of hydrogen-bond donors (Lipinski definition) is 1. The standard InChI is InChI=1S/C18H27BrN4O2S.HI/c1-20-18(23-12-8-16(14-23)22-10-2-3-11-22)21-9-13-26(24,25)17-6-4-15(19)5-7-17;/h4-7,16H,2-3,8-14H2,1H3,(H,20,21);1H. The Morgan fingerprint density at radius 2 is 1.89 bits per heavy atom. The van der Waals surface area contributed by atoms with Crippen LogP contribution in [-0.2, 0) is 9.84 Å². The fourth-order valence-electron chi connectivity index (χ4n) is 3.73.